The number of hydrogen-bond acceptors (Lipinski definition) is 2. The first kappa shape index (κ1) is 17.4. The normalized spacial score (nSPS) is 11.2. The summed E-state index contributed by atoms with van der Waals surface area (Å²) >= 11 is 0. The summed E-state index contributed by atoms with van der Waals surface area (Å²) in [5.41, 5.74) is 8.48. The number of aromatic hydroxyl groups is 1. The molecule has 0 aliphatic rings. The van der Waals surface area contributed by atoms with E-state index in [1.165, 1.54) is 32.1 Å². The lowest BCUT2D eigenvalue weighted by atomic mass is 10.1. The molecule has 23 heavy (non-hydrogen) atoms. The Hall–Kier alpha value is -1.97. The first-order valence-electron chi connectivity index (χ1n) is 8.63. The minimum atomic E-state index is -0.338. The number of nitrogens with two attached hydrogens (primary N) is 1. The van der Waals surface area contributed by atoms with E-state index in [1.54, 1.807) is 12.1 Å². The third-order valence-corrected chi connectivity index (χ3v) is 4.52. The van der Waals surface area contributed by atoms with Crippen LogP contribution in [0.3, 0.4) is 0 Å². The summed E-state index contributed by atoms with van der Waals surface area (Å²) in [5.74, 6) is -0.116. The largest absolute Gasteiger partial charge is 0.508 e. The molecular weight excluding hydrogens is 288 g/mol. The zero-order chi connectivity index (χ0) is 16.8. The van der Waals surface area contributed by atoms with Crippen LogP contribution < -0.4 is 5.73 Å². The van der Waals surface area contributed by atoms with Crippen LogP contribution in [0.15, 0.2) is 18.2 Å². The highest BCUT2D eigenvalue weighted by molar-refractivity contribution is 5.91. The maximum absolute atomic E-state index is 11.4. The van der Waals surface area contributed by atoms with Gasteiger partial charge in [0.2, 0.25) is 5.91 Å². The molecule has 1 aromatic carbocycles. The zero-order valence-electron chi connectivity index (χ0n) is 14.3. The molecule has 0 fully saturated rings. The van der Waals surface area contributed by atoms with Crippen molar-refractivity contribution in [1.29, 1.82) is 0 Å². The van der Waals surface area contributed by atoms with E-state index in [0.717, 1.165) is 35.1 Å². The molecule has 126 valence electrons. The minimum absolute atomic E-state index is 0.218. The number of carbonyl (C=O) groups excluding carboxylic acids is 1. The fourth-order valence-electron chi connectivity index (χ4n) is 3.28. The van der Waals surface area contributed by atoms with Crippen molar-refractivity contribution < 1.29 is 9.90 Å². The summed E-state index contributed by atoms with van der Waals surface area (Å²) in [6.07, 6.45) is 7.74. The van der Waals surface area contributed by atoms with Crippen LogP contribution in [-0.4, -0.2) is 15.6 Å². The number of hydrogen-bond donors (Lipinski definition) is 2. The Morgan fingerprint density at radius 3 is 2.57 bits per heavy atom. The van der Waals surface area contributed by atoms with Gasteiger partial charge in [-0.05, 0) is 37.1 Å². The number of fused-ring (bicyclic) bond motifs is 1. The monoisotopic (exact) mass is 316 g/mol. The highest BCUT2D eigenvalue weighted by Gasteiger charge is 2.15. The van der Waals surface area contributed by atoms with E-state index in [0.29, 0.717) is 0 Å². The van der Waals surface area contributed by atoms with E-state index in [2.05, 4.69) is 11.5 Å². The zero-order valence-corrected chi connectivity index (χ0v) is 14.3. The summed E-state index contributed by atoms with van der Waals surface area (Å²) in [6, 6.07) is 5.37. The van der Waals surface area contributed by atoms with Gasteiger partial charge in [-0.1, -0.05) is 39.0 Å². The number of rotatable bonds is 9. The van der Waals surface area contributed by atoms with Crippen LogP contribution in [-0.2, 0) is 17.8 Å². The quantitative estimate of drug-likeness (QED) is 0.685. The maximum Gasteiger partial charge on any atom is 0.221 e. The van der Waals surface area contributed by atoms with Gasteiger partial charge >= 0.3 is 0 Å². The second-order valence-electron chi connectivity index (χ2n) is 6.33. The van der Waals surface area contributed by atoms with E-state index in [-0.39, 0.29) is 18.1 Å². The van der Waals surface area contributed by atoms with E-state index < -0.39 is 0 Å². The number of unbranched alkanes of at least 4 members (excludes halogenated alkanes) is 5. The number of benzene rings is 1. The van der Waals surface area contributed by atoms with Gasteiger partial charge in [-0.15, -0.1) is 0 Å². The van der Waals surface area contributed by atoms with Crippen molar-refractivity contribution in [3.63, 3.8) is 0 Å². The molecule has 3 N–H and O–H groups in total. The standard InChI is InChI=1S/C19H28N2O2/c1-3-4-5-6-7-8-11-21-14(2)16(13-19(20)23)17-12-15(22)9-10-18(17)21/h9-10,12,22H,3-8,11,13H2,1-2H3,(H2,20,23). The Morgan fingerprint density at radius 2 is 1.87 bits per heavy atom. The van der Waals surface area contributed by atoms with Crippen LogP contribution in [0.5, 0.6) is 5.75 Å². The average Bonchev–Trinajstić information content (AvgIpc) is 2.75. The highest BCUT2D eigenvalue weighted by atomic mass is 16.3. The predicted molar refractivity (Wildman–Crippen MR) is 94.6 cm³/mol. The van der Waals surface area contributed by atoms with Crippen molar-refractivity contribution in [2.24, 2.45) is 5.73 Å². The van der Waals surface area contributed by atoms with Crippen molar-refractivity contribution in [3.8, 4) is 5.75 Å². The molecule has 1 heterocycles. The molecule has 0 radical (unpaired) electrons. The SMILES string of the molecule is CCCCCCCCn1c(C)c(CC(N)=O)c2cc(O)ccc21. The van der Waals surface area contributed by atoms with Gasteiger partial charge in [0.05, 0.1) is 6.42 Å². The summed E-state index contributed by atoms with van der Waals surface area (Å²) in [4.78, 5) is 11.4. The Labute approximate surface area is 138 Å². The first-order chi connectivity index (χ1) is 11.0. The number of phenolic OH excluding ortho intramolecular Hbond substituents is 1. The Balaban J connectivity index is 2.18. The third-order valence-electron chi connectivity index (χ3n) is 4.52. The fourth-order valence-corrected chi connectivity index (χ4v) is 3.28. The van der Waals surface area contributed by atoms with Crippen molar-refractivity contribution in [1.82, 2.24) is 4.57 Å². The molecule has 0 aliphatic heterocycles. The molecule has 0 aliphatic carbocycles. The summed E-state index contributed by atoms with van der Waals surface area (Å²) in [7, 11) is 0. The number of nitrogens with zero attached hydrogens (tertiary/aromatic N) is 1. The molecule has 2 aromatic rings. The van der Waals surface area contributed by atoms with E-state index >= 15 is 0 Å². The summed E-state index contributed by atoms with van der Waals surface area (Å²) in [6.45, 7) is 5.20. The van der Waals surface area contributed by atoms with Crippen LogP contribution in [0.2, 0.25) is 0 Å². The van der Waals surface area contributed by atoms with Crippen molar-refractivity contribution in [2.75, 3.05) is 0 Å². The van der Waals surface area contributed by atoms with Crippen molar-refractivity contribution >= 4 is 16.8 Å². The number of carbonyl (C=O) groups is 1. The van der Waals surface area contributed by atoms with Gasteiger partial charge in [-0.25, -0.2) is 0 Å². The lowest BCUT2D eigenvalue weighted by molar-refractivity contribution is -0.117. The molecule has 2 rings (SSSR count). The van der Waals surface area contributed by atoms with Crippen molar-refractivity contribution in [2.45, 2.75) is 65.3 Å². The van der Waals surface area contributed by atoms with Gasteiger partial charge in [-0.2, -0.15) is 0 Å². The van der Waals surface area contributed by atoms with Gasteiger partial charge in [-0.3, -0.25) is 4.79 Å². The Bertz CT molecular complexity index is 674. The molecule has 1 amide bonds. The molecule has 0 unspecified atom stereocenters. The van der Waals surface area contributed by atoms with Crippen molar-refractivity contribution in [3.05, 3.63) is 29.5 Å². The second-order valence-corrected chi connectivity index (χ2v) is 6.33. The summed E-state index contributed by atoms with van der Waals surface area (Å²) in [5, 5.41) is 10.7. The van der Waals surface area contributed by atoms with Crippen LogP contribution in [0.4, 0.5) is 0 Å². The van der Waals surface area contributed by atoms with Gasteiger partial charge in [0, 0.05) is 23.1 Å². The number of amides is 1. The van der Waals surface area contributed by atoms with E-state index in [9.17, 15) is 9.90 Å². The van der Waals surface area contributed by atoms with Crippen LogP contribution in [0, 0.1) is 6.92 Å². The second kappa shape index (κ2) is 8.04. The van der Waals surface area contributed by atoms with Gasteiger partial charge in [0.25, 0.3) is 0 Å². The molecule has 0 saturated carbocycles. The lowest BCUT2D eigenvalue weighted by Gasteiger charge is -2.09. The number of aromatic nitrogens is 1. The number of primary amides is 1. The van der Waals surface area contributed by atoms with E-state index in [4.69, 9.17) is 5.73 Å². The van der Waals surface area contributed by atoms with Gasteiger partial charge in [0.15, 0.2) is 0 Å². The Morgan fingerprint density at radius 1 is 1.17 bits per heavy atom. The van der Waals surface area contributed by atoms with Crippen LogP contribution in [0.1, 0.15) is 56.7 Å². The smallest absolute Gasteiger partial charge is 0.221 e. The van der Waals surface area contributed by atoms with Gasteiger partial charge in [0.1, 0.15) is 5.75 Å². The number of aryl methyl sites for hydroxylation is 1. The molecule has 0 atom stereocenters. The molecule has 4 heteroatoms. The molecule has 0 spiro atoms. The molecule has 4 nitrogen and oxygen atoms in total. The van der Waals surface area contributed by atoms with Crippen LogP contribution in [0.25, 0.3) is 10.9 Å². The number of phenols is 1. The average molecular weight is 316 g/mol. The summed E-state index contributed by atoms with van der Waals surface area (Å²) < 4.78 is 2.26. The first-order valence-corrected chi connectivity index (χ1v) is 8.63. The predicted octanol–water partition coefficient (Wildman–Crippen LogP) is 4.04. The van der Waals surface area contributed by atoms with Crippen LogP contribution >= 0.6 is 0 Å². The Kier molecular flexibility index (Phi) is 6.08. The maximum atomic E-state index is 11.4. The minimum Gasteiger partial charge on any atom is -0.508 e. The fraction of sp³-hybridized carbons (Fsp3) is 0.526. The molecule has 1 aromatic heterocycles. The molecule has 0 bridgehead atoms. The van der Waals surface area contributed by atoms with Gasteiger partial charge < -0.3 is 15.4 Å². The highest BCUT2D eigenvalue weighted by Crippen LogP contribution is 2.29. The molecule has 0 saturated heterocycles. The third kappa shape index (κ3) is 4.27. The lowest BCUT2D eigenvalue weighted by Crippen LogP contribution is -2.14. The van der Waals surface area contributed by atoms with E-state index in [1.807, 2.05) is 13.0 Å². The molecular formula is C19H28N2O2. The topological polar surface area (TPSA) is 68.2 Å².